The maximum absolute atomic E-state index is 12.5. The lowest BCUT2D eigenvalue weighted by Gasteiger charge is -2.28. The number of hydrogen-bond acceptors (Lipinski definition) is 3. The molecule has 1 aromatic rings. The quantitative estimate of drug-likeness (QED) is 0.811. The predicted octanol–water partition coefficient (Wildman–Crippen LogP) is 2.49. The zero-order chi connectivity index (χ0) is 16.9. The minimum Gasteiger partial charge on any atom is -0.496 e. The molecule has 2 unspecified atom stereocenters. The fraction of sp³-hybridized carbons (Fsp3) is 0.529. The fourth-order valence-electron chi connectivity index (χ4n) is 2.15. The number of rotatable bonds is 7. The van der Waals surface area contributed by atoms with Crippen LogP contribution in [0.5, 0.6) is 5.75 Å². The van der Waals surface area contributed by atoms with Crippen LogP contribution in [0.3, 0.4) is 0 Å². The van der Waals surface area contributed by atoms with Crippen molar-refractivity contribution in [2.45, 2.75) is 40.2 Å². The Morgan fingerprint density at radius 2 is 1.86 bits per heavy atom. The molecule has 2 atom stereocenters. The second kappa shape index (κ2) is 7.29. The highest BCUT2D eigenvalue weighted by Crippen LogP contribution is 2.28. The minimum absolute atomic E-state index is 0.168. The van der Waals surface area contributed by atoms with Gasteiger partial charge in [0.25, 0.3) is 0 Å². The molecule has 0 aliphatic heterocycles. The summed E-state index contributed by atoms with van der Waals surface area (Å²) < 4.78 is 5.31. The van der Waals surface area contributed by atoms with Crippen molar-refractivity contribution in [2.24, 2.45) is 11.3 Å². The lowest BCUT2D eigenvalue weighted by Crippen LogP contribution is -2.46. The molecule has 2 N–H and O–H groups in total. The highest BCUT2D eigenvalue weighted by molar-refractivity contribution is 5.83. The van der Waals surface area contributed by atoms with Gasteiger partial charge in [-0.2, -0.15) is 0 Å². The van der Waals surface area contributed by atoms with E-state index in [1.54, 1.807) is 21.0 Å². The van der Waals surface area contributed by atoms with Crippen molar-refractivity contribution in [3.05, 3.63) is 29.8 Å². The topological polar surface area (TPSA) is 75.6 Å². The normalized spacial score (nSPS) is 14.0. The smallest absolute Gasteiger partial charge is 0.308 e. The van der Waals surface area contributed by atoms with E-state index >= 15 is 0 Å². The van der Waals surface area contributed by atoms with Crippen LogP contribution < -0.4 is 10.1 Å². The van der Waals surface area contributed by atoms with Crippen LogP contribution in [-0.2, 0) is 16.0 Å². The summed E-state index contributed by atoms with van der Waals surface area (Å²) in [5.41, 5.74) is 0.283. The molecule has 5 nitrogen and oxygen atoms in total. The van der Waals surface area contributed by atoms with Gasteiger partial charge >= 0.3 is 5.97 Å². The van der Waals surface area contributed by atoms with Gasteiger partial charge in [0, 0.05) is 11.5 Å². The van der Waals surface area contributed by atoms with Gasteiger partial charge in [0.15, 0.2) is 0 Å². The highest BCUT2D eigenvalue weighted by Gasteiger charge is 2.31. The van der Waals surface area contributed by atoms with E-state index in [-0.39, 0.29) is 5.91 Å². The molecule has 1 aromatic carbocycles. The molecule has 0 saturated carbocycles. The summed E-state index contributed by atoms with van der Waals surface area (Å²) in [5.74, 6) is -0.976. The number of carbonyl (C=O) groups is 2. The van der Waals surface area contributed by atoms with Gasteiger partial charge in [-0.25, -0.2) is 0 Å². The Labute approximate surface area is 131 Å². The summed E-state index contributed by atoms with van der Waals surface area (Å²) in [5, 5.41) is 11.8. The summed E-state index contributed by atoms with van der Waals surface area (Å²) in [6.45, 7) is 6.97. The maximum atomic E-state index is 12.5. The molecule has 5 heteroatoms. The Kier molecular flexibility index (Phi) is 5.97. The number of carboxylic acids is 1. The minimum atomic E-state index is -0.921. The van der Waals surface area contributed by atoms with Crippen LogP contribution in [0.25, 0.3) is 0 Å². The van der Waals surface area contributed by atoms with Gasteiger partial charge in [0.2, 0.25) is 5.91 Å². The van der Waals surface area contributed by atoms with Crippen LogP contribution in [0, 0.1) is 11.3 Å². The molecule has 0 aromatic heterocycles. The Hall–Kier alpha value is -2.04. The molecule has 0 bridgehead atoms. The molecular formula is C17H25NO4. The Morgan fingerprint density at radius 1 is 1.27 bits per heavy atom. The lowest BCUT2D eigenvalue weighted by atomic mass is 9.84. The Morgan fingerprint density at radius 3 is 2.41 bits per heavy atom. The molecule has 0 aliphatic carbocycles. The van der Waals surface area contributed by atoms with Crippen LogP contribution in [0.2, 0.25) is 0 Å². The Bertz CT molecular complexity index is 539. The zero-order valence-corrected chi connectivity index (χ0v) is 13.8. The van der Waals surface area contributed by atoms with Gasteiger partial charge in [-0.1, -0.05) is 32.0 Å². The Balaban J connectivity index is 2.81. The lowest BCUT2D eigenvalue weighted by molar-refractivity contribution is -0.142. The average Bonchev–Trinajstić information content (AvgIpc) is 2.46. The standard InChI is InChI=1S/C17H25NO4/c1-11(15(19)20)12(2)18-16(21)17(3,4)10-13-8-6-7-9-14(13)22-5/h6-9,11-12H,10H2,1-5H3,(H,18,21)(H,19,20). The molecular weight excluding hydrogens is 282 g/mol. The fourth-order valence-corrected chi connectivity index (χ4v) is 2.15. The van der Waals surface area contributed by atoms with Gasteiger partial charge in [0.1, 0.15) is 5.75 Å². The number of nitrogens with one attached hydrogen (secondary N) is 1. The van der Waals surface area contributed by atoms with Crippen LogP contribution >= 0.6 is 0 Å². The van der Waals surface area contributed by atoms with Gasteiger partial charge < -0.3 is 15.2 Å². The molecule has 0 spiro atoms. The number of aliphatic carboxylic acids is 1. The van der Waals surface area contributed by atoms with E-state index in [4.69, 9.17) is 9.84 Å². The number of benzene rings is 1. The van der Waals surface area contributed by atoms with E-state index in [1.165, 1.54) is 0 Å². The number of ether oxygens (including phenoxy) is 1. The van der Waals surface area contributed by atoms with Gasteiger partial charge in [-0.3, -0.25) is 9.59 Å². The van der Waals surface area contributed by atoms with Crippen molar-refractivity contribution in [3.8, 4) is 5.75 Å². The van der Waals surface area contributed by atoms with Crippen LogP contribution in [0.4, 0.5) is 0 Å². The van der Waals surface area contributed by atoms with E-state index in [9.17, 15) is 9.59 Å². The summed E-state index contributed by atoms with van der Waals surface area (Å²) in [6.07, 6.45) is 0.511. The molecule has 1 amide bonds. The SMILES string of the molecule is COc1ccccc1CC(C)(C)C(=O)NC(C)C(C)C(=O)O. The van der Waals surface area contributed by atoms with Gasteiger partial charge in [-0.05, 0) is 31.9 Å². The van der Waals surface area contributed by atoms with E-state index in [0.717, 1.165) is 11.3 Å². The number of carboxylic acid groups (broad SMARTS) is 1. The van der Waals surface area contributed by atoms with Crippen molar-refractivity contribution < 1.29 is 19.4 Å². The molecule has 1 rings (SSSR count). The van der Waals surface area contributed by atoms with Crippen molar-refractivity contribution in [1.82, 2.24) is 5.32 Å². The number of amides is 1. The van der Waals surface area contributed by atoms with E-state index < -0.39 is 23.3 Å². The second-order valence-electron chi connectivity index (χ2n) is 6.26. The van der Waals surface area contributed by atoms with Crippen molar-refractivity contribution in [2.75, 3.05) is 7.11 Å². The summed E-state index contributed by atoms with van der Waals surface area (Å²) in [7, 11) is 1.60. The summed E-state index contributed by atoms with van der Waals surface area (Å²) in [6, 6.07) is 7.14. The van der Waals surface area contributed by atoms with Crippen molar-refractivity contribution in [3.63, 3.8) is 0 Å². The monoisotopic (exact) mass is 307 g/mol. The van der Waals surface area contributed by atoms with E-state index in [0.29, 0.717) is 6.42 Å². The third-order valence-corrected chi connectivity index (χ3v) is 3.94. The van der Waals surface area contributed by atoms with Crippen LogP contribution in [-0.4, -0.2) is 30.1 Å². The van der Waals surface area contributed by atoms with Crippen LogP contribution in [0.1, 0.15) is 33.3 Å². The largest absolute Gasteiger partial charge is 0.496 e. The highest BCUT2D eigenvalue weighted by atomic mass is 16.5. The first kappa shape index (κ1) is 18.0. The van der Waals surface area contributed by atoms with Crippen LogP contribution in [0.15, 0.2) is 24.3 Å². The first-order valence-corrected chi connectivity index (χ1v) is 7.34. The maximum Gasteiger partial charge on any atom is 0.308 e. The summed E-state index contributed by atoms with van der Waals surface area (Å²) in [4.78, 5) is 23.4. The molecule has 0 radical (unpaired) electrons. The van der Waals surface area contributed by atoms with E-state index in [1.807, 2.05) is 38.1 Å². The van der Waals surface area contributed by atoms with E-state index in [2.05, 4.69) is 5.32 Å². The number of methoxy groups -OCH3 is 1. The molecule has 0 fully saturated rings. The number of para-hydroxylation sites is 1. The first-order valence-electron chi connectivity index (χ1n) is 7.34. The second-order valence-corrected chi connectivity index (χ2v) is 6.26. The molecule has 0 saturated heterocycles. The molecule has 0 aliphatic rings. The average molecular weight is 307 g/mol. The first-order chi connectivity index (χ1) is 10.2. The number of carbonyl (C=O) groups excluding carboxylic acids is 1. The summed E-state index contributed by atoms with van der Waals surface area (Å²) >= 11 is 0. The molecule has 0 heterocycles. The third kappa shape index (κ3) is 4.48. The molecule has 22 heavy (non-hydrogen) atoms. The van der Waals surface area contributed by atoms with Crippen molar-refractivity contribution in [1.29, 1.82) is 0 Å². The molecule has 122 valence electrons. The zero-order valence-electron chi connectivity index (χ0n) is 13.8. The number of hydrogen-bond donors (Lipinski definition) is 2. The third-order valence-electron chi connectivity index (χ3n) is 3.94. The van der Waals surface area contributed by atoms with Gasteiger partial charge in [0.05, 0.1) is 13.0 Å². The predicted molar refractivity (Wildman–Crippen MR) is 84.9 cm³/mol. The van der Waals surface area contributed by atoms with Gasteiger partial charge in [-0.15, -0.1) is 0 Å². The van der Waals surface area contributed by atoms with Crippen molar-refractivity contribution >= 4 is 11.9 Å².